The molecule has 5 nitrogen and oxygen atoms in total. The van der Waals surface area contributed by atoms with Crippen molar-refractivity contribution in [3.05, 3.63) is 98.2 Å². The first-order valence-electron chi connectivity index (χ1n) is 11.1. The zero-order chi connectivity index (χ0) is 25.2. The first-order valence-corrected chi connectivity index (χ1v) is 12.3. The van der Waals surface area contributed by atoms with Crippen LogP contribution in [0, 0.1) is 5.82 Å². The number of hydrogen-bond donors (Lipinski definition) is 1. The monoisotopic (exact) mass is 559 g/mol. The van der Waals surface area contributed by atoms with Crippen molar-refractivity contribution < 1.29 is 23.8 Å². The molecule has 0 spiro atoms. The van der Waals surface area contributed by atoms with Crippen molar-refractivity contribution in [2.24, 2.45) is 0 Å². The summed E-state index contributed by atoms with van der Waals surface area (Å²) in [6, 6.07) is 17.7. The Morgan fingerprint density at radius 2 is 1.83 bits per heavy atom. The van der Waals surface area contributed by atoms with Gasteiger partial charge in [-0.05, 0) is 53.9 Å². The van der Waals surface area contributed by atoms with Gasteiger partial charge in [0, 0.05) is 34.4 Å². The Hall–Kier alpha value is -2.90. The standard InChI is InChI=1S/C27H24BrClFNO4/c1-27(13-17-2-7-22(29)8-3-17)14-20-10-18(4-9-24(20)35-27)11-25(32)31(16-26(33)34)15-19-5-6-21(28)12-23(19)30/h2-10,12H,11,13-16H2,1H3,(H,33,34)/t27-/m1/s1. The largest absolute Gasteiger partial charge is 0.487 e. The minimum Gasteiger partial charge on any atom is -0.487 e. The van der Waals surface area contributed by atoms with Crippen molar-refractivity contribution in [3.8, 4) is 5.75 Å². The molecule has 1 amide bonds. The smallest absolute Gasteiger partial charge is 0.323 e. The van der Waals surface area contributed by atoms with Gasteiger partial charge in [-0.3, -0.25) is 9.59 Å². The molecule has 1 aliphatic rings. The molecule has 35 heavy (non-hydrogen) atoms. The predicted octanol–water partition coefficient (Wildman–Crippen LogP) is 5.83. The summed E-state index contributed by atoms with van der Waals surface area (Å²) in [6.45, 7) is 1.41. The van der Waals surface area contributed by atoms with E-state index in [9.17, 15) is 19.1 Å². The molecule has 3 aromatic rings. The van der Waals surface area contributed by atoms with E-state index in [1.165, 1.54) is 12.1 Å². The Morgan fingerprint density at radius 3 is 2.51 bits per heavy atom. The second-order valence-electron chi connectivity index (χ2n) is 9.03. The third kappa shape index (κ3) is 6.41. The van der Waals surface area contributed by atoms with Crippen LogP contribution in [0.3, 0.4) is 0 Å². The van der Waals surface area contributed by atoms with E-state index in [1.54, 1.807) is 6.07 Å². The number of rotatable bonds is 8. The Bertz CT molecular complexity index is 1270. The number of aliphatic carboxylic acids is 1. The van der Waals surface area contributed by atoms with Gasteiger partial charge in [-0.15, -0.1) is 0 Å². The number of carboxylic acid groups (broad SMARTS) is 1. The van der Waals surface area contributed by atoms with Gasteiger partial charge < -0.3 is 14.7 Å². The number of halogens is 3. The van der Waals surface area contributed by atoms with Gasteiger partial charge in [0.2, 0.25) is 5.91 Å². The van der Waals surface area contributed by atoms with Crippen molar-refractivity contribution in [1.29, 1.82) is 0 Å². The van der Waals surface area contributed by atoms with E-state index in [2.05, 4.69) is 15.9 Å². The molecule has 0 unspecified atom stereocenters. The van der Waals surface area contributed by atoms with E-state index < -0.39 is 29.8 Å². The van der Waals surface area contributed by atoms with E-state index in [4.69, 9.17) is 16.3 Å². The number of amides is 1. The van der Waals surface area contributed by atoms with Gasteiger partial charge in [0.1, 0.15) is 23.7 Å². The Labute approximate surface area is 216 Å². The maximum Gasteiger partial charge on any atom is 0.323 e. The van der Waals surface area contributed by atoms with Crippen LogP contribution in [0.1, 0.15) is 29.2 Å². The Balaban J connectivity index is 1.46. The molecule has 4 rings (SSSR count). The van der Waals surface area contributed by atoms with Gasteiger partial charge in [0.15, 0.2) is 0 Å². The molecule has 182 valence electrons. The molecule has 1 N–H and O–H groups in total. The summed E-state index contributed by atoms with van der Waals surface area (Å²) in [7, 11) is 0. The molecule has 0 aromatic heterocycles. The minimum absolute atomic E-state index is 0.00655. The van der Waals surface area contributed by atoms with E-state index in [0.717, 1.165) is 27.3 Å². The lowest BCUT2D eigenvalue weighted by Gasteiger charge is -2.24. The molecule has 0 saturated carbocycles. The molecule has 1 heterocycles. The normalized spacial score (nSPS) is 16.5. The summed E-state index contributed by atoms with van der Waals surface area (Å²) in [6.07, 6.45) is 1.39. The van der Waals surface area contributed by atoms with Crippen LogP contribution in [-0.2, 0) is 35.4 Å². The number of hydrogen-bond acceptors (Lipinski definition) is 3. The first-order chi connectivity index (χ1) is 16.6. The lowest BCUT2D eigenvalue weighted by molar-refractivity contribution is -0.144. The second kappa shape index (κ2) is 10.4. The lowest BCUT2D eigenvalue weighted by atomic mass is 9.91. The van der Waals surface area contributed by atoms with Gasteiger partial charge in [-0.25, -0.2) is 4.39 Å². The van der Waals surface area contributed by atoms with Crippen molar-refractivity contribution in [1.82, 2.24) is 4.90 Å². The van der Waals surface area contributed by atoms with Crippen molar-refractivity contribution in [2.75, 3.05) is 6.54 Å². The second-order valence-corrected chi connectivity index (χ2v) is 10.4. The van der Waals surface area contributed by atoms with Gasteiger partial charge in [-0.2, -0.15) is 0 Å². The fraction of sp³-hybridized carbons (Fsp3) is 0.259. The third-order valence-electron chi connectivity index (χ3n) is 5.95. The topological polar surface area (TPSA) is 66.8 Å². The van der Waals surface area contributed by atoms with Crippen molar-refractivity contribution in [3.63, 3.8) is 0 Å². The van der Waals surface area contributed by atoms with E-state index in [1.807, 2.05) is 49.4 Å². The van der Waals surface area contributed by atoms with Gasteiger partial charge >= 0.3 is 5.97 Å². The summed E-state index contributed by atoms with van der Waals surface area (Å²) >= 11 is 9.19. The SMILES string of the molecule is C[C@@]1(Cc2ccc(Cl)cc2)Cc2cc(CC(=O)N(CC(=O)O)Cc3ccc(Br)cc3F)ccc2O1. The number of carbonyl (C=O) groups is 2. The average Bonchev–Trinajstić information content (AvgIpc) is 3.11. The maximum absolute atomic E-state index is 14.3. The summed E-state index contributed by atoms with van der Waals surface area (Å²) in [4.78, 5) is 25.5. The Morgan fingerprint density at radius 1 is 1.11 bits per heavy atom. The van der Waals surface area contributed by atoms with Crippen molar-refractivity contribution >= 4 is 39.4 Å². The number of carbonyl (C=O) groups excluding carboxylic acids is 1. The molecule has 3 aromatic carbocycles. The molecule has 0 fully saturated rings. The summed E-state index contributed by atoms with van der Waals surface area (Å²) in [5.74, 6) is -1.28. The number of carboxylic acids is 1. The van der Waals surface area contributed by atoms with E-state index >= 15 is 0 Å². The van der Waals surface area contributed by atoms with E-state index in [-0.39, 0.29) is 18.5 Å². The lowest BCUT2D eigenvalue weighted by Crippen LogP contribution is -2.36. The van der Waals surface area contributed by atoms with Crippen LogP contribution in [0.25, 0.3) is 0 Å². The highest BCUT2D eigenvalue weighted by Crippen LogP contribution is 2.37. The number of fused-ring (bicyclic) bond motifs is 1. The van der Waals surface area contributed by atoms with Gasteiger partial charge in [0.25, 0.3) is 0 Å². The van der Waals surface area contributed by atoms with Crippen LogP contribution < -0.4 is 4.74 Å². The van der Waals surface area contributed by atoms with Crippen LogP contribution in [0.2, 0.25) is 5.02 Å². The summed E-state index contributed by atoms with van der Waals surface area (Å²) in [5, 5.41) is 9.98. The van der Waals surface area contributed by atoms with Crippen LogP contribution >= 0.6 is 27.5 Å². The van der Waals surface area contributed by atoms with Crippen LogP contribution in [-0.4, -0.2) is 34.0 Å². The van der Waals surface area contributed by atoms with E-state index in [0.29, 0.717) is 22.3 Å². The van der Waals surface area contributed by atoms with Crippen LogP contribution in [0.15, 0.2) is 65.1 Å². The van der Waals surface area contributed by atoms with Crippen LogP contribution in [0.5, 0.6) is 5.75 Å². The summed E-state index contributed by atoms with van der Waals surface area (Å²) in [5.41, 5.74) is 2.69. The molecule has 0 saturated heterocycles. The fourth-order valence-electron chi connectivity index (χ4n) is 4.36. The highest BCUT2D eigenvalue weighted by Gasteiger charge is 2.35. The predicted molar refractivity (Wildman–Crippen MR) is 135 cm³/mol. The minimum atomic E-state index is -1.16. The fourth-order valence-corrected chi connectivity index (χ4v) is 4.81. The molecule has 1 aliphatic heterocycles. The summed E-state index contributed by atoms with van der Waals surface area (Å²) < 4.78 is 21.1. The number of benzene rings is 3. The third-order valence-corrected chi connectivity index (χ3v) is 6.69. The first kappa shape index (κ1) is 25.2. The van der Waals surface area contributed by atoms with Crippen LogP contribution in [0.4, 0.5) is 4.39 Å². The van der Waals surface area contributed by atoms with Crippen molar-refractivity contribution in [2.45, 2.75) is 38.3 Å². The zero-order valence-corrected chi connectivity index (χ0v) is 21.4. The van der Waals surface area contributed by atoms with Gasteiger partial charge in [-0.1, -0.05) is 57.9 Å². The van der Waals surface area contributed by atoms with Gasteiger partial charge in [0.05, 0.1) is 6.42 Å². The molecule has 0 bridgehead atoms. The maximum atomic E-state index is 14.3. The highest BCUT2D eigenvalue weighted by molar-refractivity contribution is 9.10. The number of nitrogens with zero attached hydrogens (tertiary/aromatic N) is 1. The highest BCUT2D eigenvalue weighted by atomic mass is 79.9. The molecule has 1 atom stereocenters. The molecule has 0 radical (unpaired) electrons. The quantitative estimate of drug-likeness (QED) is 0.376. The number of ether oxygens (including phenoxy) is 1. The Kier molecular flexibility index (Phi) is 7.47. The molecule has 0 aliphatic carbocycles. The molecular weight excluding hydrogens is 537 g/mol. The molecular formula is C27H24BrClFNO4. The average molecular weight is 561 g/mol. The molecule has 8 heteroatoms. The zero-order valence-electron chi connectivity index (χ0n) is 19.1.